The van der Waals surface area contributed by atoms with E-state index in [0.717, 1.165) is 0 Å². The lowest BCUT2D eigenvalue weighted by Gasteiger charge is -2.11. The van der Waals surface area contributed by atoms with Crippen molar-refractivity contribution in [1.29, 1.82) is 0 Å². The first-order valence-corrected chi connectivity index (χ1v) is 6.36. The van der Waals surface area contributed by atoms with Crippen LogP contribution in [0, 0.1) is 0 Å². The van der Waals surface area contributed by atoms with E-state index in [1.807, 2.05) is 0 Å². The third kappa shape index (κ3) is 5.89. The van der Waals surface area contributed by atoms with Crippen LogP contribution in [0.15, 0.2) is 18.2 Å². The Balaban J connectivity index is 2.41. The highest BCUT2D eigenvalue weighted by Gasteiger charge is 2.16. The van der Waals surface area contributed by atoms with E-state index >= 15 is 0 Å². The van der Waals surface area contributed by atoms with Gasteiger partial charge >= 0.3 is 7.12 Å². The Morgan fingerprint density at radius 1 is 1.00 bits per heavy atom. The van der Waals surface area contributed by atoms with Gasteiger partial charge < -0.3 is 29.0 Å². The fraction of sp³-hybridized carbons (Fsp3) is 0.538. The van der Waals surface area contributed by atoms with Gasteiger partial charge in [-0.15, -0.1) is 0 Å². The molecule has 20 heavy (non-hydrogen) atoms. The number of hydrogen-bond acceptors (Lipinski definition) is 6. The van der Waals surface area contributed by atoms with Crippen LogP contribution in [-0.2, 0) is 20.8 Å². The van der Waals surface area contributed by atoms with Gasteiger partial charge in [0, 0.05) is 7.11 Å². The topological polar surface area (TPSA) is 77.4 Å². The molecule has 0 aromatic heterocycles. The van der Waals surface area contributed by atoms with Crippen molar-refractivity contribution in [3.63, 3.8) is 0 Å². The zero-order valence-electron chi connectivity index (χ0n) is 11.9. The molecule has 0 radical (unpaired) electrons. The van der Waals surface area contributed by atoms with Crippen molar-refractivity contribution in [2.24, 2.45) is 0 Å². The van der Waals surface area contributed by atoms with Gasteiger partial charge in [-0.25, -0.2) is 0 Å². The van der Waals surface area contributed by atoms with E-state index in [1.54, 1.807) is 32.4 Å². The SMILES string of the molecule is COCCOCCOCc1cc(OC)ccc1B(O)O. The molecule has 0 fully saturated rings. The van der Waals surface area contributed by atoms with Gasteiger partial charge in [0.05, 0.1) is 40.1 Å². The van der Waals surface area contributed by atoms with E-state index in [4.69, 9.17) is 18.9 Å². The van der Waals surface area contributed by atoms with Gasteiger partial charge in [0.2, 0.25) is 0 Å². The van der Waals surface area contributed by atoms with Gasteiger partial charge in [0.1, 0.15) is 5.75 Å². The van der Waals surface area contributed by atoms with Crippen LogP contribution in [0.4, 0.5) is 0 Å². The molecule has 6 nitrogen and oxygen atoms in total. The maximum atomic E-state index is 9.29. The van der Waals surface area contributed by atoms with Crippen molar-refractivity contribution >= 4 is 12.6 Å². The van der Waals surface area contributed by atoms with Crippen LogP contribution in [0.3, 0.4) is 0 Å². The zero-order chi connectivity index (χ0) is 14.8. The van der Waals surface area contributed by atoms with E-state index in [9.17, 15) is 10.0 Å². The van der Waals surface area contributed by atoms with Crippen LogP contribution >= 0.6 is 0 Å². The van der Waals surface area contributed by atoms with Gasteiger partial charge in [-0.2, -0.15) is 0 Å². The summed E-state index contributed by atoms with van der Waals surface area (Å²) < 4.78 is 20.7. The maximum Gasteiger partial charge on any atom is 0.488 e. The third-order valence-corrected chi connectivity index (χ3v) is 2.69. The molecule has 0 saturated carbocycles. The van der Waals surface area contributed by atoms with E-state index < -0.39 is 7.12 Å². The summed E-state index contributed by atoms with van der Waals surface area (Å²) in [6.07, 6.45) is 0. The molecule has 0 aliphatic heterocycles. The molecule has 0 amide bonds. The van der Waals surface area contributed by atoms with Gasteiger partial charge in [0.25, 0.3) is 0 Å². The molecule has 0 heterocycles. The standard InChI is InChI=1S/C13H21BO6/c1-17-5-6-19-7-8-20-10-11-9-12(18-2)3-4-13(11)14(15)16/h3-4,9,15-16H,5-8,10H2,1-2H3. The lowest BCUT2D eigenvalue weighted by atomic mass is 9.77. The lowest BCUT2D eigenvalue weighted by Crippen LogP contribution is -2.33. The fourth-order valence-electron chi connectivity index (χ4n) is 1.63. The molecule has 0 aliphatic carbocycles. The Kier molecular flexibility index (Phi) is 8.25. The summed E-state index contributed by atoms with van der Waals surface area (Å²) in [6.45, 7) is 2.22. The molecule has 0 spiro atoms. The summed E-state index contributed by atoms with van der Waals surface area (Å²) in [4.78, 5) is 0. The largest absolute Gasteiger partial charge is 0.497 e. The molecule has 112 valence electrons. The normalized spacial score (nSPS) is 10.6. The summed E-state index contributed by atoms with van der Waals surface area (Å²) in [7, 11) is 1.64. The van der Waals surface area contributed by atoms with Crippen molar-refractivity contribution in [2.45, 2.75) is 6.61 Å². The summed E-state index contributed by atoms with van der Waals surface area (Å²) in [5, 5.41) is 18.6. The monoisotopic (exact) mass is 284 g/mol. The summed E-state index contributed by atoms with van der Waals surface area (Å²) in [5.41, 5.74) is 1.09. The van der Waals surface area contributed by atoms with Gasteiger partial charge in [-0.05, 0) is 23.2 Å². The second-order valence-electron chi connectivity index (χ2n) is 4.10. The van der Waals surface area contributed by atoms with Crippen LogP contribution in [0.25, 0.3) is 0 Å². The Labute approximate surface area is 119 Å². The number of hydrogen-bond donors (Lipinski definition) is 2. The predicted molar refractivity (Wildman–Crippen MR) is 75.2 cm³/mol. The second-order valence-corrected chi connectivity index (χ2v) is 4.10. The summed E-state index contributed by atoms with van der Waals surface area (Å²) in [5.74, 6) is 0.643. The molecule has 0 atom stereocenters. The molecule has 0 aliphatic rings. The van der Waals surface area contributed by atoms with Crippen molar-refractivity contribution in [3.8, 4) is 5.75 Å². The van der Waals surface area contributed by atoms with E-state index in [2.05, 4.69) is 0 Å². The number of ether oxygens (including phenoxy) is 4. The van der Waals surface area contributed by atoms with Crippen molar-refractivity contribution in [3.05, 3.63) is 23.8 Å². The maximum absolute atomic E-state index is 9.29. The van der Waals surface area contributed by atoms with E-state index in [0.29, 0.717) is 43.2 Å². The molecule has 0 bridgehead atoms. The number of benzene rings is 1. The highest BCUT2D eigenvalue weighted by Crippen LogP contribution is 2.12. The lowest BCUT2D eigenvalue weighted by molar-refractivity contribution is 0.0200. The Bertz CT molecular complexity index is 385. The fourth-order valence-corrected chi connectivity index (χ4v) is 1.63. The van der Waals surface area contributed by atoms with Crippen LogP contribution in [-0.4, -0.2) is 57.8 Å². The van der Waals surface area contributed by atoms with Crippen molar-refractivity contribution in [1.82, 2.24) is 0 Å². The first-order chi connectivity index (χ1) is 9.69. The third-order valence-electron chi connectivity index (χ3n) is 2.69. The minimum absolute atomic E-state index is 0.262. The molecule has 0 saturated heterocycles. The second kappa shape index (κ2) is 9.74. The first-order valence-electron chi connectivity index (χ1n) is 6.36. The molecule has 1 aromatic carbocycles. The quantitative estimate of drug-likeness (QED) is 0.448. The predicted octanol–water partition coefficient (Wildman–Crippen LogP) is -0.445. The van der Waals surface area contributed by atoms with Crippen LogP contribution in [0.1, 0.15) is 5.56 Å². The van der Waals surface area contributed by atoms with E-state index in [-0.39, 0.29) is 6.61 Å². The molecule has 7 heteroatoms. The Hall–Kier alpha value is -1.12. The molecular weight excluding hydrogens is 263 g/mol. The zero-order valence-corrected chi connectivity index (χ0v) is 11.9. The molecule has 1 aromatic rings. The Morgan fingerprint density at radius 3 is 2.35 bits per heavy atom. The van der Waals surface area contributed by atoms with Crippen molar-refractivity contribution in [2.75, 3.05) is 40.6 Å². The van der Waals surface area contributed by atoms with Crippen LogP contribution in [0.2, 0.25) is 0 Å². The minimum Gasteiger partial charge on any atom is -0.497 e. The summed E-state index contributed by atoms with van der Waals surface area (Å²) >= 11 is 0. The average molecular weight is 284 g/mol. The number of methoxy groups -OCH3 is 2. The average Bonchev–Trinajstić information content (AvgIpc) is 2.45. The molecular formula is C13H21BO6. The first kappa shape index (κ1) is 16.9. The highest BCUT2D eigenvalue weighted by atomic mass is 16.5. The van der Waals surface area contributed by atoms with E-state index in [1.165, 1.54) is 0 Å². The molecule has 2 N–H and O–H groups in total. The van der Waals surface area contributed by atoms with Crippen LogP contribution < -0.4 is 10.2 Å². The smallest absolute Gasteiger partial charge is 0.488 e. The van der Waals surface area contributed by atoms with Gasteiger partial charge in [0.15, 0.2) is 0 Å². The van der Waals surface area contributed by atoms with Gasteiger partial charge in [-0.3, -0.25) is 0 Å². The Morgan fingerprint density at radius 2 is 1.70 bits per heavy atom. The highest BCUT2D eigenvalue weighted by molar-refractivity contribution is 6.59. The minimum atomic E-state index is -1.53. The molecule has 0 unspecified atom stereocenters. The summed E-state index contributed by atoms with van der Waals surface area (Å²) in [6, 6.07) is 5.00. The van der Waals surface area contributed by atoms with Crippen LogP contribution in [0.5, 0.6) is 5.75 Å². The van der Waals surface area contributed by atoms with Crippen molar-refractivity contribution < 1.29 is 29.0 Å². The number of rotatable bonds is 10. The molecule has 1 rings (SSSR count). The van der Waals surface area contributed by atoms with Gasteiger partial charge in [-0.1, -0.05) is 6.07 Å².